The van der Waals surface area contributed by atoms with Crippen LogP contribution in [0, 0.1) is 0 Å². The van der Waals surface area contributed by atoms with Gasteiger partial charge >= 0.3 is 0 Å². The van der Waals surface area contributed by atoms with Crippen molar-refractivity contribution in [1.82, 2.24) is 0 Å². The molecule has 0 unspecified atom stereocenters. The summed E-state index contributed by atoms with van der Waals surface area (Å²) in [6.07, 6.45) is 0. The molecule has 5 heteroatoms. The first kappa shape index (κ1) is 9.80. The number of benzene rings is 1. The number of hydrogen-bond donors (Lipinski definition) is 0. The SMILES string of the molecule is Clc1ccc(C2=NOCCO2)c(Br)c1. The predicted octanol–water partition coefficient (Wildman–Crippen LogP) is 2.81. The Balaban J connectivity index is 2.35. The van der Waals surface area contributed by atoms with Gasteiger partial charge in [-0.15, -0.1) is 0 Å². The van der Waals surface area contributed by atoms with Crippen LogP contribution >= 0.6 is 27.5 Å². The molecule has 3 nitrogen and oxygen atoms in total. The Labute approximate surface area is 94.8 Å². The lowest BCUT2D eigenvalue weighted by Crippen LogP contribution is -2.17. The highest BCUT2D eigenvalue weighted by Gasteiger charge is 2.13. The lowest BCUT2D eigenvalue weighted by Gasteiger charge is -2.14. The van der Waals surface area contributed by atoms with Crippen LogP contribution in [-0.2, 0) is 9.57 Å². The lowest BCUT2D eigenvalue weighted by molar-refractivity contribution is 0.0655. The van der Waals surface area contributed by atoms with Gasteiger partial charge in [0.05, 0.1) is 5.56 Å². The highest BCUT2D eigenvalue weighted by atomic mass is 79.9. The van der Waals surface area contributed by atoms with Crippen LogP contribution in [-0.4, -0.2) is 19.1 Å². The van der Waals surface area contributed by atoms with Gasteiger partial charge in [-0.2, -0.15) is 0 Å². The molecule has 0 saturated carbocycles. The van der Waals surface area contributed by atoms with E-state index in [-0.39, 0.29) is 0 Å². The molecule has 0 atom stereocenters. The molecule has 74 valence electrons. The molecule has 1 heterocycles. The summed E-state index contributed by atoms with van der Waals surface area (Å²) in [5.41, 5.74) is 0.842. The van der Waals surface area contributed by atoms with Crippen LogP contribution in [0.4, 0.5) is 0 Å². The van der Waals surface area contributed by atoms with E-state index in [1.54, 1.807) is 12.1 Å². The molecule has 0 aliphatic carbocycles. The maximum absolute atomic E-state index is 5.81. The zero-order valence-electron chi connectivity index (χ0n) is 7.17. The van der Waals surface area contributed by atoms with E-state index < -0.39 is 0 Å². The smallest absolute Gasteiger partial charge is 0.258 e. The molecule has 0 radical (unpaired) electrons. The zero-order chi connectivity index (χ0) is 9.97. The predicted molar refractivity (Wildman–Crippen MR) is 57.6 cm³/mol. The fourth-order valence-corrected chi connectivity index (χ4v) is 1.95. The van der Waals surface area contributed by atoms with Crippen molar-refractivity contribution < 1.29 is 9.57 Å². The Morgan fingerprint density at radius 1 is 1.36 bits per heavy atom. The van der Waals surface area contributed by atoms with E-state index in [0.717, 1.165) is 10.0 Å². The standard InChI is InChI=1S/C9H7BrClNO2/c10-8-5-6(11)1-2-7(8)9-12-14-4-3-13-9/h1-2,5H,3-4H2. The number of oxime groups is 1. The molecule has 1 aliphatic heterocycles. The van der Waals surface area contributed by atoms with Crippen LogP contribution in [0.5, 0.6) is 0 Å². The largest absolute Gasteiger partial charge is 0.471 e. The Morgan fingerprint density at radius 2 is 2.21 bits per heavy atom. The number of ether oxygens (including phenoxy) is 1. The molecule has 0 amide bonds. The Hall–Kier alpha value is -0.740. The minimum atomic E-state index is 0.486. The molecule has 0 fully saturated rings. The van der Waals surface area contributed by atoms with Crippen LogP contribution in [0.3, 0.4) is 0 Å². The number of hydrogen-bond acceptors (Lipinski definition) is 3. The van der Waals surface area contributed by atoms with Gasteiger partial charge in [-0.05, 0) is 39.3 Å². The van der Waals surface area contributed by atoms with Gasteiger partial charge in [0.15, 0.2) is 6.61 Å². The van der Waals surface area contributed by atoms with Crippen LogP contribution in [0.25, 0.3) is 0 Å². The quantitative estimate of drug-likeness (QED) is 0.790. The maximum atomic E-state index is 5.81. The molecular formula is C9H7BrClNO2. The summed E-state index contributed by atoms with van der Waals surface area (Å²) in [6, 6.07) is 5.40. The van der Waals surface area contributed by atoms with Crippen molar-refractivity contribution in [2.45, 2.75) is 0 Å². The van der Waals surface area contributed by atoms with Gasteiger partial charge in [0.1, 0.15) is 6.61 Å². The monoisotopic (exact) mass is 275 g/mol. The fourth-order valence-electron chi connectivity index (χ4n) is 1.10. The number of rotatable bonds is 1. The third-order valence-corrected chi connectivity index (χ3v) is 2.61. The van der Waals surface area contributed by atoms with E-state index >= 15 is 0 Å². The summed E-state index contributed by atoms with van der Waals surface area (Å²) >= 11 is 9.20. The third-order valence-electron chi connectivity index (χ3n) is 1.72. The van der Waals surface area contributed by atoms with Crippen LogP contribution in [0.1, 0.15) is 5.56 Å². The minimum absolute atomic E-state index is 0.486. The molecule has 0 spiro atoms. The van der Waals surface area contributed by atoms with E-state index in [0.29, 0.717) is 24.1 Å². The zero-order valence-corrected chi connectivity index (χ0v) is 9.51. The van der Waals surface area contributed by atoms with Crippen molar-refractivity contribution in [3.05, 3.63) is 33.3 Å². The molecule has 0 saturated heterocycles. The number of halogens is 2. The summed E-state index contributed by atoms with van der Waals surface area (Å²) in [5, 5.41) is 4.48. The summed E-state index contributed by atoms with van der Waals surface area (Å²) < 4.78 is 6.18. The molecule has 1 aromatic rings. The van der Waals surface area contributed by atoms with Gasteiger partial charge in [0.2, 0.25) is 0 Å². The van der Waals surface area contributed by atoms with Gasteiger partial charge < -0.3 is 9.57 Å². The molecule has 1 aromatic carbocycles. The topological polar surface area (TPSA) is 30.8 Å². The van der Waals surface area contributed by atoms with Gasteiger partial charge in [0, 0.05) is 9.50 Å². The first-order valence-corrected chi connectivity index (χ1v) is 5.22. The van der Waals surface area contributed by atoms with Crippen molar-refractivity contribution in [3.8, 4) is 0 Å². The van der Waals surface area contributed by atoms with Crippen molar-refractivity contribution in [1.29, 1.82) is 0 Å². The lowest BCUT2D eigenvalue weighted by atomic mass is 10.2. The van der Waals surface area contributed by atoms with E-state index in [2.05, 4.69) is 21.1 Å². The minimum Gasteiger partial charge on any atom is -0.471 e. The summed E-state index contributed by atoms with van der Waals surface area (Å²) in [5.74, 6) is 0.486. The second-order valence-corrected chi connectivity index (χ2v) is 3.99. The second kappa shape index (κ2) is 4.19. The molecule has 0 N–H and O–H groups in total. The molecule has 1 aliphatic rings. The van der Waals surface area contributed by atoms with Crippen molar-refractivity contribution in [2.24, 2.45) is 5.16 Å². The van der Waals surface area contributed by atoms with Crippen molar-refractivity contribution in [2.75, 3.05) is 13.2 Å². The first-order valence-electron chi connectivity index (χ1n) is 4.05. The summed E-state index contributed by atoms with van der Waals surface area (Å²) in [6.45, 7) is 1.02. The molecule has 2 rings (SSSR count). The summed E-state index contributed by atoms with van der Waals surface area (Å²) in [4.78, 5) is 4.93. The van der Waals surface area contributed by atoms with E-state index in [9.17, 15) is 0 Å². The van der Waals surface area contributed by atoms with Gasteiger partial charge in [0.25, 0.3) is 5.90 Å². The molecule has 14 heavy (non-hydrogen) atoms. The van der Waals surface area contributed by atoms with Gasteiger partial charge in [-0.25, -0.2) is 0 Å². The highest BCUT2D eigenvalue weighted by Crippen LogP contribution is 2.23. The van der Waals surface area contributed by atoms with Crippen LogP contribution in [0.2, 0.25) is 5.02 Å². The highest BCUT2D eigenvalue weighted by molar-refractivity contribution is 9.10. The van der Waals surface area contributed by atoms with Crippen LogP contribution in [0.15, 0.2) is 27.8 Å². The first-order chi connectivity index (χ1) is 6.77. The number of nitrogens with zero attached hydrogens (tertiary/aromatic N) is 1. The van der Waals surface area contributed by atoms with Crippen molar-refractivity contribution in [3.63, 3.8) is 0 Å². The molecular weight excluding hydrogens is 269 g/mol. The Bertz CT molecular complexity index is 381. The molecule has 0 bridgehead atoms. The fraction of sp³-hybridized carbons (Fsp3) is 0.222. The van der Waals surface area contributed by atoms with E-state index in [1.165, 1.54) is 0 Å². The Kier molecular flexibility index (Phi) is 2.93. The van der Waals surface area contributed by atoms with Crippen molar-refractivity contribution >= 4 is 33.4 Å². The van der Waals surface area contributed by atoms with E-state index in [1.807, 2.05) is 6.07 Å². The third kappa shape index (κ3) is 2.01. The molecule has 0 aromatic heterocycles. The normalized spacial score (nSPS) is 15.4. The second-order valence-electron chi connectivity index (χ2n) is 2.70. The average Bonchev–Trinajstić information content (AvgIpc) is 2.19. The maximum Gasteiger partial charge on any atom is 0.258 e. The summed E-state index contributed by atoms with van der Waals surface area (Å²) in [7, 11) is 0. The van der Waals surface area contributed by atoms with Gasteiger partial charge in [-0.3, -0.25) is 0 Å². The average molecular weight is 277 g/mol. The van der Waals surface area contributed by atoms with E-state index in [4.69, 9.17) is 21.2 Å². The van der Waals surface area contributed by atoms with Crippen LogP contribution < -0.4 is 0 Å². The Morgan fingerprint density at radius 3 is 2.86 bits per heavy atom. The van der Waals surface area contributed by atoms with Gasteiger partial charge in [-0.1, -0.05) is 11.6 Å².